The van der Waals surface area contributed by atoms with Crippen molar-refractivity contribution in [3.63, 3.8) is 0 Å². The van der Waals surface area contributed by atoms with Crippen LogP contribution in [0, 0.1) is 17.1 Å². The van der Waals surface area contributed by atoms with E-state index in [9.17, 15) is 9.18 Å². The highest BCUT2D eigenvalue weighted by atomic mass is 35.5. The van der Waals surface area contributed by atoms with Crippen molar-refractivity contribution in [1.29, 1.82) is 5.26 Å². The highest BCUT2D eigenvalue weighted by Crippen LogP contribution is 2.20. The van der Waals surface area contributed by atoms with Gasteiger partial charge in [0.05, 0.1) is 16.1 Å². The number of nitrogens with zero attached hydrogens (tertiary/aromatic N) is 3. The number of Topliss-reactive ketones (excluding diaryl/α,β-unsaturated/α-hetero) is 1. The number of ketones is 1. The van der Waals surface area contributed by atoms with Crippen molar-refractivity contribution in [3.05, 3.63) is 59.0 Å². The number of carbonyl (C=O) groups is 1. The largest absolute Gasteiger partial charge is 0.356 e. The van der Waals surface area contributed by atoms with E-state index in [0.29, 0.717) is 16.7 Å². The minimum Gasteiger partial charge on any atom is -0.356 e. The van der Waals surface area contributed by atoms with Crippen LogP contribution in [0.2, 0.25) is 5.02 Å². The summed E-state index contributed by atoms with van der Waals surface area (Å²) in [6.07, 6.45) is 0. The number of halogens is 2. The molecule has 1 N–H and O–H groups in total. The Kier molecular flexibility index (Phi) is 4.22. The zero-order valence-electron chi connectivity index (χ0n) is 12.0. The Balaban J connectivity index is 1.89. The highest BCUT2D eigenvalue weighted by Gasteiger charge is 2.21. The van der Waals surface area contributed by atoms with E-state index >= 15 is 0 Å². The number of benzene rings is 2. The summed E-state index contributed by atoms with van der Waals surface area (Å²) in [6, 6.07) is 12.3. The van der Waals surface area contributed by atoms with Gasteiger partial charge in [-0.15, -0.1) is 0 Å². The lowest BCUT2D eigenvalue weighted by molar-refractivity contribution is 0.106. The zero-order chi connectivity index (χ0) is 17.1. The minimum atomic E-state index is -0.692. The molecule has 0 radical (unpaired) electrons. The number of hydrogen-bond acceptors (Lipinski definition) is 6. The lowest BCUT2D eigenvalue weighted by atomic mass is 10.1. The summed E-state index contributed by atoms with van der Waals surface area (Å²) >= 11 is 5.65. The van der Waals surface area contributed by atoms with Crippen molar-refractivity contribution in [2.75, 3.05) is 5.43 Å². The van der Waals surface area contributed by atoms with E-state index in [1.54, 1.807) is 30.3 Å². The van der Waals surface area contributed by atoms with Crippen LogP contribution < -0.4 is 5.43 Å². The summed E-state index contributed by atoms with van der Waals surface area (Å²) in [4.78, 5) is 12.4. The summed E-state index contributed by atoms with van der Waals surface area (Å²) < 4.78 is 18.1. The van der Waals surface area contributed by atoms with E-state index in [4.69, 9.17) is 21.4 Å². The molecule has 118 valence electrons. The zero-order valence-corrected chi connectivity index (χ0v) is 12.7. The van der Waals surface area contributed by atoms with Crippen LogP contribution in [0.1, 0.15) is 10.5 Å². The Morgan fingerprint density at radius 3 is 2.88 bits per heavy atom. The van der Waals surface area contributed by atoms with Gasteiger partial charge >= 0.3 is 0 Å². The Labute approximate surface area is 140 Å². The van der Waals surface area contributed by atoms with Crippen LogP contribution in [0.25, 0.3) is 11.0 Å². The van der Waals surface area contributed by atoms with Gasteiger partial charge in [-0.1, -0.05) is 28.9 Å². The van der Waals surface area contributed by atoms with Gasteiger partial charge in [0.25, 0.3) is 0 Å². The van der Waals surface area contributed by atoms with E-state index in [0.717, 1.165) is 6.07 Å². The second-order valence-electron chi connectivity index (χ2n) is 4.67. The second kappa shape index (κ2) is 6.48. The third-order valence-corrected chi connectivity index (χ3v) is 3.42. The maximum absolute atomic E-state index is 13.1. The molecule has 0 bridgehead atoms. The van der Waals surface area contributed by atoms with Crippen LogP contribution in [0.3, 0.4) is 0 Å². The number of hydrogen-bond donors (Lipinski definition) is 1. The fraction of sp³-hybridized carbons (Fsp3) is 0. The van der Waals surface area contributed by atoms with Crippen molar-refractivity contribution < 1.29 is 13.7 Å². The van der Waals surface area contributed by atoms with Crippen LogP contribution in [-0.4, -0.2) is 16.7 Å². The molecule has 1 heterocycles. The quantitative estimate of drug-likeness (QED) is 0.442. The Hall–Kier alpha value is -3.24. The van der Waals surface area contributed by atoms with Gasteiger partial charge in [-0.25, -0.2) is 4.39 Å². The standard InChI is InChI=1S/C16H8ClFN4O2/c17-11-7-9(5-6-12(11)18)20-21-13(8-19)16(23)15-10-3-1-2-4-14(10)24-22-15/h1-7,20H. The molecule has 1 aromatic heterocycles. The van der Waals surface area contributed by atoms with Crippen molar-refractivity contribution in [2.45, 2.75) is 0 Å². The molecule has 0 aliphatic carbocycles. The highest BCUT2D eigenvalue weighted by molar-refractivity contribution is 6.52. The monoisotopic (exact) mass is 342 g/mol. The van der Waals surface area contributed by atoms with E-state index in [2.05, 4.69) is 15.7 Å². The number of anilines is 1. The molecule has 0 amide bonds. The van der Waals surface area contributed by atoms with Gasteiger partial charge in [-0.05, 0) is 30.3 Å². The predicted octanol–water partition coefficient (Wildman–Crippen LogP) is 3.79. The molecule has 0 saturated heterocycles. The molecule has 6 nitrogen and oxygen atoms in total. The molecular weight excluding hydrogens is 335 g/mol. The van der Waals surface area contributed by atoms with Gasteiger partial charge in [0.15, 0.2) is 11.3 Å². The second-order valence-corrected chi connectivity index (χ2v) is 5.08. The van der Waals surface area contributed by atoms with Crippen molar-refractivity contribution in [2.24, 2.45) is 5.10 Å². The average Bonchev–Trinajstić information content (AvgIpc) is 3.02. The normalized spacial score (nSPS) is 11.3. The molecule has 0 aliphatic heterocycles. The SMILES string of the molecule is N#CC(=NNc1ccc(F)c(Cl)c1)C(=O)c1noc2ccccc12. The number of rotatable bonds is 4. The first-order chi connectivity index (χ1) is 11.6. The fourth-order valence-corrected chi connectivity index (χ4v) is 2.16. The number of nitriles is 1. The van der Waals surface area contributed by atoms with Gasteiger partial charge < -0.3 is 4.52 Å². The summed E-state index contributed by atoms with van der Waals surface area (Å²) in [6.45, 7) is 0. The fourth-order valence-electron chi connectivity index (χ4n) is 1.97. The molecule has 0 fully saturated rings. The smallest absolute Gasteiger partial charge is 0.246 e. The summed E-state index contributed by atoms with van der Waals surface area (Å²) in [5.74, 6) is -1.28. The lowest BCUT2D eigenvalue weighted by Gasteiger charge is -2.02. The van der Waals surface area contributed by atoms with Gasteiger partial charge in [0.1, 0.15) is 11.9 Å². The molecule has 0 unspecified atom stereocenters. The Bertz CT molecular complexity index is 1010. The predicted molar refractivity (Wildman–Crippen MR) is 86.4 cm³/mol. The van der Waals surface area contributed by atoms with Crippen LogP contribution in [0.15, 0.2) is 52.1 Å². The van der Waals surface area contributed by atoms with Gasteiger partial charge in [0.2, 0.25) is 11.5 Å². The van der Waals surface area contributed by atoms with Crippen LogP contribution in [0.4, 0.5) is 10.1 Å². The Morgan fingerprint density at radius 2 is 2.12 bits per heavy atom. The molecule has 0 atom stereocenters. The van der Waals surface area contributed by atoms with Crippen molar-refractivity contribution in [1.82, 2.24) is 5.16 Å². The first-order valence-electron chi connectivity index (χ1n) is 6.68. The molecule has 0 saturated carbocycles. The number of carbonyl (C=O) groups excluding carboxylic acids is 1. The first-order valence-corrected chi connectivity index (χ1v) is 7.06. The van der Waals surface area contributed by atoms with E-state index in [-0.39, 0.29) is 10.7 Å². The number of para-hydroxylation sites is 1. The molecule has 24 heavy (non-hydrogen) atoms. The van der Waals surface area contributed by atoms with Crippen molar-refractivity contribution in [3.8, 4) is 6.07 Å². The molecule has 8 heteroatoms. The van der Waals surface area contributed by atoms with Crippen LogP contribution in [-0.2, 0) is 0 Å². The summed E-state index contributed by atoms with van der Waals surface area (Å²) in [5.41, 5.74) is 2.81. The molecule has 0 aliphatic rings. The minimum absolute atomic E-state index is 0.00941. The maximum atomic E-state index is 13.1. The number of nitrogens with one attached hydrogen (secondary N) is 1. The van der Waals surface area contributed by atoms with Crippen LogP contribution in [0.5, 0.6) is 0 Å². The van der Waals surface area contributed by atoms with Gasteiger partial charge in [0, 0.05) is 0 Å². The molecule has 3 rings (SSSR count). The van der Waals surface area contributed by atoms with Gasteiger partial charge in [-0.3, -0.25) is 10.2 Å². The van der Waals surface area contributed by atoms with E-state index in [1.165, 1.54) is 12.1 Å². The average molecular weight is 343 g/mol. The topological polar surface area (TPSA) is 91.3 Å². The van der Waals surface area contributed by atoms with Crippen molar-refractivity contribution >= 4 is 39.8 Å². The summed E-state index contributed by atoms with van der Waals surface area (Å²) in [7, 11) is 0. The van der Waals surface area contributed by atoms with E-state index in [1.807, 2.05) is 0 Å². The molecule has 3 aromatic rings. The van der Waals surface area contributed by atoms with Gasteiger partial charge in [-0.2, -0.15) is 10.4 Å². The number of hydrazone groups is 1. The maximum Gasteiger partial charge on any atom is 0.246 e. The van der Waals surface area contributed by atoms with E-state index < -0.39 is 17.3 Å². The summed E-state index contributed by atoms with van der Waals surface area (Å²) in [5, 5.41) is 17.0. The third-order valence-electron chi connectivity index (χ3n) is 3.13. The Morgan fingerprint density at radius 1 is 1.33 bits per heavy atom. The lowest BCUT2D eigenvalue weighted by Crippen LogP contribution is -2.15. The first kappa shape index (κ1) is 15.6. The van der Waals surface area contributed by atoms with Crippen LogP contribution >= 0.6 is 11.6 Å². The number of aromatic nitrogens is 1. The molecule has 2 aromatic carbocycles. The third kappa shape index (κ3) is 2.95. The molecular formula is C16H8ClFN4O2. The number of fused-ring (bicyclic) bond motifs is 1. The molecule has 0 spiro atoms.